The minimum Gasteiger partial charge on any atom is -0.478 e. The molecule has 4 aromatic rings. The highest BCUT2D eigenvalue weighted by molar-refractivity contribution is 9.10. The van der Waals surface area contributed by atoms with E-state index < -0.39 is 5.97 Å². The van der Waals surface area contributed by atoms with Crippen LogP contribution in [0.25, 0.3) is 28.2 Å². The summed E-state index contributed by atoms with van der Waals surface area (Å²) in [7, 11) is 0. The van der Waals surface area contributed by atoms with Gasteiger partial charge in [-0.3, -0.25) is 0 Å². The first-order valence-corrected chi connectivity index (χ1v) is 9.58. The van der Waals surface area contributed by atoms with Crippen LogP contribution < -0.4 is 0 Å². The van der Waals surface area contributed by atoms with Gasteiger partial charge >= 0.3 is 5.97 Å². The van der Waals surface area contributed by atoms with Gasteiger partial charge in [-0.05, 0) is 25.1 Å². The molecule has 0 unspecified atom stereocenters. The van der Waals surface area contributed by atoms with E-state index in [2.05, 4.69) is 15.9 Å². The average molecular weight is 433 g/mol. The lowest BCUT2D eigenvalue weighted by Gasteiger charge is -2.09. The van der Waals surface area contributed by atoms with Gasteiger partial charge in [-0.2, -0.15) is 5.10 Å². The monoisotopic (exact) mass is 432 g/mol. The van der Waals surface area contributed by atoms with Crippen molar-refractivity contribution in [2.24, 2.45) is 0 Å². The van der Waals surface area contributed by atoms with Gasteiger partial charge in [-0.1, -0.05) is 82.2 Å². The summed E-state index contributed by atoms with van der Waals surface area (Å²) in [6.45, 7) is 2.00. The van der Waals surface area contributed by atoms with Gasteiger partial charge in [0.05, 0.1) is 11.4 Å². The number of aromatic nitrogens is 2. The summed E-state index contributed by atoms with van der Waals surface area (Å²) in [4.78, 5) is 12.3. The number of hydrogen-bond donors (Lipinski definition) is 1. The van der Waals surface area contributed by atoms with Gasteiger partial charge in [0, 0.05) is 15.6 Å². The van der Waals surface area contributed by atoms with Crippen molar-refractivity contribution in [3.8, 4) is 28.2 Å². The van der Waals surface area contributed by atoms with Crippen molar-refractivity contribution in [2.75, 3.05) is 0 Å². The maximum atomic E-state index is 12.3. The zero-order chi connectivity index (χ0) is 19.7. The van der Waals surface area contributed by atoms with Crippen LogP contribution in [0.5, 0.6) is 0 Å². The number of aromatic carboxylic acids is 1. The van der Waals surface area contributed by atoms with Gasteiger partial charge in [0.1, 0.15) is 11.3 Å². The molecule has 0 fully saturated rings. The third-order valence-corrected chi connectivity index (χ3v) is 5.02. The molecule has 1 aromatic heterocycles. The molecule has 0 aliphatic rings. The Balaban J connectivity index is 2.06. The summed E-state index contributed by atoms with van der Waals surface area (Å²) < 4.78 is 2.60. The predicted octanol–water partition coefficient (Wildman–Crippen LogP) is 5.98. The number of carboxylic acid groups (broad SMARTS) is 1. The van der Waals surface area contributed by atoms with Crippen molar-refractivity contribution < 1.29 is 9.90 Å². The molecule has 0 amide bonds. The minimum absolute atomic E-state index is 0.190. The topological polar surface area (TPSA) is 55.1 Å². The predicted molar refractivity (Wildman–Crippen MR) is 114 cm³/mol. The van der Waals surface area contributed by atoms with E-state index in [0.29, 0.717) is 11.4 Å². The average Bonchev–Trinajstić information content (AvgIpc) is 3.10. The Labute approximate surface area is 171 Å². The Hall–Kier alpha value is -3.18. The molecule has 0 aliphatic carbocycles. The molecule has 1 heterocycles. The Morgan fingerprint density at radius 2 is 1.64 bits per heavy atom. The van der Waals surface area contributed by atoms with E-state index in [1.54, 1.807) is 4.68 Å². The van der Waals surface area contributed by atoms with Crippen molar-refractivity contribution in [1.82, 2.24) is 9.78 Å². The Kier molecular flexibility index (Phi) is 4.84. The van der Waals surface area contributed by atoms with Crippen molar-refractivity contribution >= 4 is 21.9 Å². The van der Waals surface area contributed by atoms with Crippen LogP contribution in [0, 0.1) is 6.92 Å². The Morgan fingerprint density at radius 3 is 2.29 bits per heavy atom. The summed E-state index contributed by atoms with van der Waals surface area (Å²) in [5, 5.41) is 14.8. The number of benzene rings is 3. The third kappa shape index (κ3) is 3.37. The van der Waals surface area contributed by atoms with E-state index in [-0.39, 0.29) is 5.56 Å². The SMILES string of the molecule is Cc1ccc(-c2nn(-c3cccc(Br)c3)c(-c3ccccc3)c2C(=O)O)cc1. The van der Waals surface area contributed by atoms with Gasteiger partial charge < -0.3 is 5.11 Å². The van der Waals surface area contributed by atoms with E-state index in [1.165, 1.54) is 0 Å². The highest BCUT2D eigenvalue weighted by Crippen LogP contribution is 2.34. The van der Waals surface area contributed by atoms with E-state index in [1.807, 2.05) is 85.8 Å². The molecule has 0 bridgehead atoms. The molecule has 28 heavy (non-hydrogen) atoms. The minimum atomic E-state index is -1.00. The van der Waals surface area contributed by atoms with Crippen LogP contribution >= 0.6 is 15.9 Å². The van der Waals surface area contributed by atoms with Crippen LogP contribution in [0.1, 0.15) is 15.9 Å². The number of hydrogen-bond acceptors (Lipinski definition) is 2. The smallest absolute Gasteiger partial charge is 0.340 e. The summed E-state index contributed by atoms with van der Waals surface area (Å²) in [6.07, 6.45) is 0. The first kappa shape index (κ1) is 18.2. The fourth-order valence-electron chi connectivity index (χ4n) is 3.19. The third-order valence-electron chi connectivity index (χ3n) is 4.52. The molecule has 4 rings (SSSR count). The van der Waals surface area contributed by atoms with Gasteiger partial charge in [0.15, 0.2) is 0 Å². The second-order valence-corrected chi connectivity index (χ2v) is 7.42. The lowest BCUT2D eigenvalue weighted by molar-refractivity contribution is 0.0698. The van der Waals surface area contributed by atoms with Crippen molar-refractivity contribution in [3.63, 3.8) is 0 Å². The molecular formula is C23H17BrN2O2. The van der Waals surface area contributed by atoms with Crippen molar-refractivity contribution in [3.05, 3.63) is 94.5 Å². The summed E-state index contributed by atoms with van der Waals surface area (Å²) in [5.74, 6) is -1.00. The molecule has 3 aromatic carbocycles. The van der Waals surface area contributed by atoms with Crippen molar-refractivity contribution in [2.45, 2.75) is 6.92 Å². The molecule has 4 nitrogen and oxygen atoms in total. The number of carboxylic acids is 1. The van der Waals surface area contributed by atoms with Crippen LogP contribution in [-0.4, -0.2) is 20.9 Å². The van der Waals surface area contributed by atoms with E-state index >= 15 is 0 Å². The molecule has 0 aliphatic heterocycles. The first-order chi connectivity index (χ1) is 13.5. The number of rotatable bonds is 4. The Bertz CT molecular complexity index is 1150. The standard InChI is InChI=1S/C23H17BrN2O2/c1-15-10-12-16(13-11-15)21-20(23(27)28)22(17-6-3-2-4-7-17)26(25-21)19-9-5-8-18(24)14-19/h2-14H,1H3,(H,27,28). The lowest BCUT2D eigenvalue weighted by Crippen LogP contribution is -2.03. The molecule has 0 spiro atoms. The van der Waals surface area contributed by atoms with Crippen LogP contribution in [0.3, 0.4) is 0 Å². The number of halogens is 1. The Morgan fingerprint density at radius 1 is 0.929 bits per heavy atom. The van der Waals surface area contributed by atoms with Crippen LogP contribution in [-0.2, 0) is 0 Å². The summed E-state index contributed by atoms with van der Waals surface area (Å²) in [5.41, 5.74) is 4.66. The van der Waals surface area contributed by atoms with Crippen LogP contribution in [0.2, 0.25) is 0 Å². The lowest BCUT2D eigenvalue weighted by atomic mass is 10.0. The van der Waals surface area contributed by atoms with Gasteiger partial charge in [0.2, 0.25) is 0 Å². The van der Waals surface area contributed by atoms with Crippen LogP contribution in [0.4, 0.5) is 0 Å². The highest BCUT2D eigenvalue weighted by atomic mass is 79.9. The van der Waals surface area contributed by atoms with E-state index in [4.69, 9.17) is 5.10 Å². The summed E-state index contributed by atoms with van der Waals surface area (Å²) in [6, 6.07) is 24.9. The zero-order valence-electron chi connectivity index (χ0n) is 15.1. The normalized spacial score (nSPS) is 10.8. The van der Waals surface area contributed by atoms with Gasteiger partial charge in [-0.15, -0.1) is 0 Å². The molecule has 0 radical (unpaired) electrons. The molecule has 0 saturated heterocycles. The molecule has 138 valence electrons. The first-order valence-electron chi connectivity index (χ1n) is 8.79. The summed E-state index contributed by atoms with van der Waals surface area (Å²) >= 11 is 3.49. The van der Waals surface area contributed by atoms with Gasteiger partial charge in [-0.25, -0.2) is 9.48 Å². The van der Waals surface area contributed by atoms with E-state index in [9.17, 15) is 9.90 Å². The fourth-order valence-corrected chi connectivity index (χ4v) is 3.58. The van der Waals surface area contributed by atoms with E-state index in [0.717, 1.165) is 26.9 Å². The second kappa shape index (κ2) is 7.44. The maximum Gasteiger partial charge on any atom is 0.340 e. The number of aryl methyl sites for hydroxylation is 1. The number of nitrogens with zero attached hydrogens (tertiary/aromatic N) is 2. The maximum absolute atomic E-state index is 12.3. The number of carbonyl (C=O) groups is 1. The van der Waals surface area contributed by atoms with Gasteiger partial charge in [0.25, 0.3) is 0 Å². The highest BCUT2D eigenvalue weighted by Gasteiger charge is 2.26. The molecule has 1 N–H and O–H groups in total. The van der Waals surface area contributed by atoms with Crippen LogP contribution in [0.15, 0.2) is 83.3 Å². The second-order valence-electron chi connectivity index (χ2n) is 6.50. The molecular weight excluding hydrogens is 416 g/mol. The molecule has 0 atom stereocenters. The molecule has 5 heteroatoms. The van der Waals surface area contributed by atoms with Crippen molar-refractivity contribution in [1.29, 1.82) is 0 Å². The largest absolute Gasteiger partial charge is 0.478 e. The quantitative estimate of drug-likeness (QED) is 0.431. The molecule has 0 saturated carbocycles. The zero-order valence-corrected chi connectivity index (χ0v) is 16.7. The fraction of sp³-hybridized carbons (Fsp3) is 0.0435.